The van der Waals surface area contributed by atoms with Gasteiger partial charge in [-0.3, -0.25) is 9.59 Å². The lowest BCUT2D eigenvalue weighted by Crippen LogP contribution is -2.26. The third-order valence-corrected chi connectivity index (χ3v) is 4.71. The summed E-state index contributed by atoms with van der Waals surface area (Å²) in [5.41, 5.74) is 1.98. The molecule has 1 saturated heterocycles. The molecule has 1 atom stereocenters. The predicted octanol–water partition coefficient (Wildman–Crippen LogP) is 3.53. The Morgan fingerprint density at radius 2 is 1.96 bits per heavy atom. The third-order valence-electron chi connectivity index (χ3n) is 4.71. The number of amides is 1. The van der Waals surface area contributed by atoms with Crippen molar-refractivity contribution in [3.63, 3.8) is 0 Å². The van der Waals surface area contributed by atoms with E-state index in [1.165, 1.54) is 24.8 Å². The highest BCUT2D eigenvalue weighted by molar-refractivity contribution is 5.97. The Bertz CT molecular complexity index is 525. The van der Waals surface area contributed by atoms with Gasteiger partial charge in [-0.15, -0.1) is 12.4 Å². The molecule has 1 heterocycles. The maximum atomic E-state index is 12.2. The number of benzene rings is 1. The molecule has 0 spiro atoms. The summed E-state index contributed by atoms with van der Waals surface area (Å²) in [6, 6.07) is 7.83. The number of hydrogen-bond donors (Lipinski definition) is 2. The zero-order chi connectivity index (χ0) is 17.2. The number of aryl methyl sites for hydroxylation is 1. The van der Waals surface area contributed by atoms with Crippen LogP contribution in [0.3, 0.4) is 0 Å². The zero-order valence-corrected chi connectivity index (χ0v) is 16.0. The summed E-state index contributed by atoms with van der Waals surface area (Å²) in [4.78, 5) is 24.0. The molecule has 2 N–H and O–H groups in total. The normalized spacial score (nSPS) is 16.3. The van der Waals surface area contributed by atoms with Crippen LogP contribution in [0.2, 0.25) is 0 Å². The molecule has 1 aromatic rings. The minimum atomic E-state index is -0.0196. The first-order valence-electron chi connectivity index (χ1n) is 9.28. The molecule has 0 saturated carbocycles. The lowest BCUT2D eigenvalue weighted by Gasteiger charge is -2.09. The van der Waals surface area contributed by atoms with Crippen molar-refractivity contribution in [3.8, 4) is 0 Å². The number of ketones is 1. The van der Waals surface area contributed by atoms with Crippen LogP contribution in [-0.4, -0.2) is 31.3 Å². The van der Waals surface area contributed by atoms with E-state index in [0.717, 1.165) is 25.9 Å². The Morgan fingerprint density at radius 3 is 2.60 bits per heavy atom. The molecule has 1 aliphatic rings. The van der Waals surface area contributed by atoms with E-state index < -0.39 is 0 Å². The maximum Gasteiger partial charge on any atom is 0.220 e. The molecule has 25 heavy (non-hydrogen) atoms. The summed E-state index contributed by atoms with van der Waals surface area (Å²) in [5.74, 6) is 0.708. The van der Waals surface area contributed by atoms with E-state index >= 15 is 0 Å². The average molecular weight is 367 g/mol. The van der Waals surface area contributed by atoms with Crippen molar-refractivity contribution >= 4 is 24.1 Å². The van der Waals surface area contributed by atoms with Gasteiger partial charge in [-0.05, 0) is 50.3 Å². The predicted molar refractivity (Wildman–Crippen MR) is 104 cm³/mol. The summed E-state index contributed by atoms with van der Waals surface area (Å²) >= 11 is 0. The van der Waals surface area contributed by atoms with Gasteiger partial charge in [-0.2, -0.15) is 0 Å². The van der Waals surface area contributed by atoms with E-state index in [4.69, 9.17) is 0 Å². The minimum absolute atomic E-state index is 0. The SMILES string of the molecule is CCCCc1ccc(C(=O)CCC(=O)NCCC2CCNC2)cc1.Cl. The molecule has 0 aromatic heterocycles. The van der Waals surface area contributed by atoms with Crippen LogP contribution in [0.25, 0.3) is 0 Å². The van der Waals surface area contributed by atoms with Gasteiger partial charge in [0.1, 0.15) is 0 Å². The summed E-state index contributed by atoms with van der Waals surface area (Å²) in [5, 5.41) is 6.26. The van der Waals surface area contributed by atoms with E-state index in [1.807, 2.05) is 24.3 Å². The molecule has 0 bridgehead atoms. The summed E-state index contributed by atoms with van der Waals surface area (Å²) in [7, 11) is 0. The number of carbonyl (C=O) groups excluding carboxylic acids is 2. The summed E-state index contributed by atoms with van der Waals surface area (Å²) in [6.45, 7) is 5.03. The zero-order valence-electron chi connectivity index (χ0n) is 15.2. The van der Waals surface area contributed by atoms with E-state index in [1.54, 1.807) is 0 Å². The van der Waals surface area contributed by atoms with Crippen molar-refractivity contribution in [2.75, 3.05) is 19.6 Å². The Labute approximate surface area is 157 Å². The van der Waals surface area contributed by atoms with Crippen molar-refractivity contribution in [1.82, 2.24) is 10.6 Å². The first kappa shape index (κ1) is 21.7. The second kappa shape index (κ2) is 12.0. The van der Waals surface area contributed by atoms with Gasteiger partial charge >= 0.3 is 0 Å². The quantitative estimate of drug-likeness (QED) is 0.623. The van der Waals surface area contributed by atoms with Crippen LogP contribution in [0.15, 0.2) is 24.3 Å². The molecule has 1 amide bonds. The van der Waals surface area contributed by atoms with E-state index in [2.05, 4.69) is 17.6 Å². The van der Waals surface area contributed by atoms with Crippen LogP contribution in [0, 0.1) is 5.92 Å². The van der Waals surface area contributed by atoms with Crippen molar-refractivity contribution in [2.24, 2.45) is 5.92 Å². The fourth-order valence-electron chi connectivity index (χ4n) is 3.07. The number of halogens is 1. The third kappa shape index (κ3) is 8.02. The number of Topliss-reactive ketones (excluding diaryl/α,β-unsaturated/α-hetero) is 1. The van der Waals surface area contributed by atoms with Crippen molar-refractivity contribution in [1.29, 1.82) is 0 Å². The lowest BCUT2D eigenvalue weighted by molar-refractivity contribution is -0.121. The average Bonchev–Trinajstić information content (AvgIpc) is 3.11. The summed E-state index contributed by atoms with van der Waals surface area (Å²) < 4.78 is 0. The molecule has 0 aliphatic carbocycles. The number of nitrogens with one attached hydrogen (secondary N) is 2. The molecule has 140 valence electrons. The lowest BCUT2D eigenvalue weighted by atomic mass is 10.0. The van der Waals surface area contributed by atoms with Gasteiger partial charge in [0.15, 0.2) is 5.78 Å². The van der Waals surface area contributed by atoms with Crippen molar-refractivity contribution in [2.45, 2.75) is 51.9 Å². The number of rotatable bonds is 10. The number of carbonyl (C=O) groups is 2. The Balaban J connectivity index is 0.00000312. The van der Waals surface area contributed by atoms with E-state index in [-0.39, 0.29) is 36.9 Å². The highest BCUT2D eigenvalue weighted by atomic mass is 35.5. The molecule has 2 rings (SSSR count). The monoisotopic (exact) mass is 366 g/mol. The first-order chi connectivity index (χ1) is 11.7. The van der Waals surface area contributed by atoms with E-state index in [9.17, 15) is 9.59 Å². The molecule has 1 aromatic carbocycles. The molecular formula is C20H31ClN2O2. The summed E-state index contributed by atoms with van der Waals surface area (Å²) in [6.07, 6.45) is 6.18. The van der Waals surface area contributed by atoms with Gasteiger partial charge in [-0.1, -0.05) is 37.6 Å². The Kier molecular flexibility index (Phi) is 10.4. The molecular weight excluding hydrogens is 336 g/mol. The molecule has 4 nitrogen and oxygen atoms in total. The first-order valence-corrected chi connectivity index (χ1v) is 9.28. The molecule has 0 radical (unpaired) electrons. The van der Waals surface area contributed by atoms with Crippen molar-refractivity contribution in [3.05, 3.63) is 35.4 Å². The van der Waals surface area contributed by atoms with Gasteiger partial charge in [0.25, 0.3) is 0 Å². The largest absolute Gasteiger partial charge is 0.356 e. The molecule has 1 aliphatic heterocycles. The minimum Gasteiger partial charge on any atom is -0.356 e. The van der Waals surface area contributed by atoms with Gasteiger partial charge in [0.05, 0.1) is 0 Å². The van der Waals surface area contributed by atoms with Crippen LogP contribution in [0.4, 0.5) is 0 Å². The molecule has 5 heteroatoms. The molecule has 1 fully saturated rings. The van der Waals surface area contributed by atoms with Crippen LogP contribution in [0.5, 0.6) is 0 Å². The van der Waals surface area contributed by atoms with Crippen LogP contribution in [0.1, 0.15) is 61.4 Å². The highest BCUT2D eigenvalue weighted by Crippen LogP contribution is 2.12. The standard InChI is InChI=1S/C20H30N2O2.ClH/c1-2-3-4-16-5-7-18(8-6-16)19(23)9-10-20(24)22-14-12-17-11-13-21-15-17;/h5-8,17,21H,2-4,9-15H2,1H3,(H,22,24);1H. The smallest absolute Gasteiger partial charge is 0.220 e. The fourth-order valence-corrected chi connectivity index (χ4v) is 3.07. The second-order valence-electron chi connectivity index (χ2n) is 6.72. The highest BCUT2D eigenvalue weighted by Gasteiger charge is 2.14. The molecule has 1 unspecified atom stereocenters. The van der Waals surface area contributed by atoms with Gasteiger partial charge in [0, 0.05) is 24.9 Å². The van der Waals surface area contributed by atoms with E-state index in [0.29, 0.717) is 18.0 Å². The van der Waals surface area contributed by atoms with Gasteiger partial charge in [0.2, 0.25) is 5.91 Å². The van der Waals surface area contributed by atoms with Crippen LogP contribution < -0.4 is 10.6 Å². The fraction of sp³-hybridized carbons (Fsp3) is 0.600. The van der Waals surface area contributed by atoms with Crippen LogP contribution >= 0.6 is 12.4 Å². The second-order valence-corrected chi connectivity index (χ2v) is 6.72. The van der Waals surface area contributed by atoms with Crippen molar-refractivity contribution < 1.29 is 9.59 Å². The maximum absolute atomic E-state index is 12.2. The van der Waals surface area contributed by atoms with Crippen LogP contribution in [-0.2, 0) is 11.2 Å². The Morgan fingerprint density at radius 1 is 1.20 bits per heavy atom. The van der Waals surface area contributed by atoms with Gasteiger partial charge < -0.3 is 10.6 Å². The topological polar surface area (TPSA) is 58.2 Å². The number of unbranched alkanes of at least 4 members (excludes halogenated alkanes) is 1. The number of hydrogen-bond acceptors (Lipinski definition) is 3. The van der Waals surface area contributed by atoms with Gasteiger partial charge in [-0.25, -0.2) is 0 Å². The Hall–Kier alpha value is -1.39.